The molecule has 54 valence electrons. The van der Waals surface area contributed by atoms with E-state index in [0.717, 1.165) is 6.42 Å². The van der Waals surface area contributed by atoms with Crippen LogP contribution < -0.4 is 0 Å². The van der Waals surface area contributed by atoms with Gasteiger partial charge < -0.3 is 9.84 Å². The number of aliphatic hydroxyl groups is 1. The predicted octanol–water partition coefficient (Wildman–Crippen LogP) is 0.936. The van der Waals surface area contributed by atoms with Crippen LogP contribution in [0.1, 0.15) is 26.2 Å². The van der Waals surface area contributed by atoms with Gasteiger partial charge in [-0.15, -0.1) is 0 Å². The molecule has 2 nitrogen and oxygen atoms in total. The van der Waals surface area contributed by atoms with E-state index in [0.29, 0.717) is 6.61 Å². The molecule has 9 heavy (non-hydrogen) atoms. The van der Waals surface area contributed by atoms with Gasteiger partial charge in [-0.25, -0.2) is 0 Å². The molecular weight excluding hydrogens is 116 g/mol. The van der Waals surface area contributed by atoms with E-state index >= 15 is 0 Å². The third-order valence-corrected chi connectivity index (χ3v) is 1.75. The van der Waals surface area contributed by atoms with E-state index in [1.807, 2.05) is 0 Å². The van der Waals surface area contributed by atoms with Crippen LogP contribution in [0.3, 0.4) is 0 Å². The van der Waals surface area contributed by atoms with Gasteiger partial charge in [-0.05, 0) is 6.42 Å². The van der Waals surface area contributed by atoms with Gasteiger partial charge in [0.1, 0.15) is 6.10 Å². The van der Waals surface area contributed by atoms with Crippen LogP contribution >= 0.6 is 0 Å². The molecule has 0 amide bonds. The number of hydrogen-bond donors (Lipinski definition) is 1. The number of aliphatic hydroxyl groups excluding tert-OH is 1. The van der Waals surface area contributed by atoms with E-state index in [9.17, 15) is 0 Å². The summed E-state index contributed by atoms with van der Waals surface area (Å²) in [5.74, 6) is 0. The lowest BCUT2D eigenvalue weighted by atomic mass is 10.0. The SMILES string of the molecule is CCCCC1OCC1O. The van der Waals surface area contributed by atoms with E-state index in [2.05, 4.69) is 6.92 Å². The second kappa shape index (κ2) is 3.18. The van der Waals surface area contributed by atoms with Crippen LogP contribution in [-0.2, 0) is 4.74 Å². The molecule has 1 aliphatic rings. The van der Waals surface area contributed by atoms with Gasteiger partial charge in [-0.3, -0.25) is 0 Å². The molecule has 0 radical (unpaired) electrons. The fourth-order valence-electron chi connectivity index (χ4n) is 0.999. The fraction of sp³-hybridized carbons (Fsp3) is 1.00. The first-order valence-corrected chi connectivity index (χ1v) is 3.64. The number of hydrogen-bond acceptors (Lipinski definition) is 2. The first-order chi connectivity index (χ1) is 4.34. The van der Waals surface area contributed by atoms with Crippen LogP contribution in [0.15, 0.2) is 0 Å². The molecule has 1 rings (SSSR count). The molecule has 1 N–H and O–H groups in total. The summed E-state index contributed by atoms with van der Waals surface area (Å²) in [6, 6.07) is 0. The van der Waals surface area contributed by atoms with Crippen molar-refractivity contribution in [3.05, 3.63) is 0 Å². The maximum absolute atomic E-state index is 9.01. The minimum atomic E-state index is -0.170. The molecule has 2 heteroatoms. The lowest BCUT2D eigenvalue weighted by Gasteiger charge is -2.32. The Morgan fingerprint density at radius 3 is 2.78 bits per heavy atom. The van der Waals surface area contributed by atoms with E-state index in [1.165, 1.54) is 12.8 Å². The molecule has 2 atom stereocenters. The summed E-state index contributed by atoms with van der Waals surface area (Å²) < 4.78 is 5.10. The lowest BCUT2D eigenvalue weighted by molar-refractivity contribution is -0.164. The summed E-state index contributed by atoms with van der Waals surface area (Å²) in [5.41, 5.74) is 0. The van der Waals surface area contributed by atoms with Gasteiger partial charge in [-0.1, -0.05) is 19.8 Å². The molecule has 2 unspecified atom stereocenters. The second-order valence-corrected chi connectivity index (χ2v) is 2.58. The van der Waals surface area contributed by atoms with Gasteiger partial charge in [0.15, 0.2) is 0 Å². The largest absolute Gasteiger partial charge is 0.388 e. The Kier molecular flexibility index (Phi) is 2.49. The highest BCUT2D eigenvalue weighted by Crippen LogP contribution is 2.17. The average molecular weight is 130 g/mol. The summed E-state index contributed by atoms with van der Waals surface area (Å²) in [6.07, 6.45) is 3.37. The van der Waals surface area contributed by atoms with E-state index in [4.69, 9.17) is 9.84 Å². The Hall–Kier alpha value is -0.0800. The van der Waals surface area contributed by atoms with Crippen LogP contribution in [0.4, 0.5) is 0 Å². The molecule has 0 saturated carbocycles. The summed E-state index contributed by atoms with van der Waals surface area (Å²) in [6.45, 7) is 2.69. The van der Waals surface area contributed by atoms with Gasteiger partial charge >= 0.3 is 0 Å². The fourth-order valence-corrected chi connectivity index (χ4v) is 0.999. The van der Waals surface area contributed by atoms with Crippen LogP contribution in [0, 0.1) is 0 Å². The molecular formula is C7H14O2. The maximum Gasteiger partial charge on any atom is 0.103 e. The van der Waals surface area contributed by atoms with Crippen molar-refractivity contribution in [2.45, 2.75) is 38.4 Å². The normalized spacial score (nSPS) is 34.0. The van der Waals surface area contributed by atoms with Gasteiger partial charge in [-0.2, -0.15) is 0 Å². The Morgan fingerprint density at radius 2 is 2.44 bits per heavy atom. The number of rotatable bonds is 3. The lowest BCUT2D eigenvalue weighted by Crippen LogP contribution is -2.44. The number of unbranched alkanes of at least 4 members (excludes halogenated alkanes) is 1. The third kappa shape index (κ3) is 1.66. The molecule has 0 bridgehead atoms. The molecule has 0 spiro atoms. The summed E-state index contributed by atoms with van der Waals surface area (Å²) in [4.78, 5) is 0. The molecule has 1 aliphatic heterocycles. The molecule has 0 aromatic heterocycles. The van der Waals surface area contributed by atoms with Crippen molar-refractivity contribution in [1.29, 1.82) is 0 Å². The van der Waals surface area contributed by atoms with Crippen molar-refractivity contribution in [1.82, 2.24) is 0 Å². The first-order valence-electron chi connectivity index (χ1n) is 3.64. The Morgan fingerprint density at radius 1 is 1.67 bits per heavy atom. The van der Waals surface area contributed by atoms with Crippen molar-refractivity contribution < 1.29 is 9.84 Å². The van der Waals surface area contributed by atoms with Crippen molar-refractivity contribution in [2.75, 3.05) is 6.61 Å². The average Bonchev–Trinajstić information content (AvgIpc) is 1.86. The van der Waals surface area contributed by atoms with Crippen LogP contribution in [0.5, 0.6) is 0 Å². The Labute approximate surface area is 55.8 Å². The van der Waals surface area contributed by atoms with E-state index in [-0.39, 0.29) is 12.2 Å². The van der Waals surface area contributed by atoms with Gasteiger partial charge in [0.05, 0.1) is 12.7 Å². The highest BCUT2D eigenvalue weighted by molar-refractivity contribution is 4.76. The summed E-state index contributed by atoms with van der Waals surface area (Å²) in [5, 5.41) is 9.01. The van der Waals surface area contributed by atoms with Crippen LogP contribution in [0.25, 0.3) is 0 Å². The number of ether oxygens (including phenoxy) is 1. The molecule has 1 heterocycles. The molecule has 1 saturated heterocycles. The van der Waals surface area contributed by atoms with Crippen molar-refractivity contribution in [3.63, 3.8) is 0 Å². The van der Waals surface area contributed by atoms with E-state index in [1.54, 1.807) is 0 Å². The van der Waals surface area contributed by atoms with Gasteiger partial charge in [0, 0.05) is 0 Å². The molecule has 0 aromatic rings. The minimum absolute atomic E-state index is 0.157. The standard InChI is InChI=1S/C7H14O2/c1-2-3-4-7-6(8)5-9-7/h6-8H,2-5H2,1H3. The minimum Gasteiger partial charge on any atom is -0.388 e. The highest BCUT2D eigenvalue weighted by atomic mass is 16.5. The third-order valence-electron chi connectivity index (χ3n) is 1.75. The molecule has 0 aliphatic carbocycles. The summed E-state index contributed by atoms with van der Waals surface area (Å²) in [7, 11) is 0. The maximum atomic E-state index is 9.01. The molecule has 0 aromatic carbocycles. The quantitative estimate of drug-likeness (QED) is 0.616. The topological polar surface area (TPSA) is 29.5 Å². The zero-order valence-electron chi connectivity index (χ0n) is 5.84. The Bertz CT molecular complexity index is 83.0. The van der Waals surface area contributed by atoms with Gasteiger partial charge in [0.25, 0.3) is 0 Å². The highest BCUT2D eigenvalue weighted by Gasteiger charge is 2.28. The first kappa shape index (κ1) is 7.03. The van der Waals surface area contributed by atoms with E-state index < -0.39 is 0 Å². The molecule has 1 fully saturated rings. The van der Waals surface area contributed by atoms with Crippen LogP contribution in [-0.4, -0.2) is 23.9 Å². The second-order valence-electron chi connectivity index (χ2n) is 2.58. The zero-order chi connectivity index (χ0) is 6.69. The Balaban J connectivity index is 1.99. The smallest absolute Gasteiger partial charge is 0.103 e. The van der Waals surface area contributed by atoms with Crippen molar-refractivity contribution in [3.8, 4) is 0 Å². The van der Waals surface area contributed by atoms with Crippen molar-refractivity contribution in [2.24, 2.45) is 0 Å². The van der Waals surface area contributed by atoms with Crippen LogP contribution in [0.2, 0.25) is 0 Å². The zero-order valence-corrected chi connectivity index (χ0v) is 5.84. The van der Waals surface area contributed by atoms with Crippen molar-refractivity contribution >= 4 is 0 Å². The summed E-state index contributed by atoms with van der Waals surface area (Å²) >= 11 is 0. The monoisotopic (exact) mass is 130 g/mol. The van der Waals surface area contributed by atoms with Gasteiger partial charge in [0.2, 0.25) is 0 Å². The predicted molar refractivity (Wildman–Crippen MR) is 35.3 cm³/mol.